The monoisotopic (exact) mass is 227 g/mol. The Hall–Kier alpha value is -1.29. The second-order valence-electron chi connectivity index (χ2n) is 3.92. The molecular weight excluding hydrogens is 212 g/mol. The fraction of sp³-hybridized carbons (Fsp3) is 0.417. The molecule has 0 saturated heterocycles. The summed E-state index contributed by atoms with van der Waals surface area (Å²) >= 11 is 0. The number of hydrogen-bond donors (Lipinski definition) is 1. The molecule has 16 heavy (non-hydrogen) atoms. The molecule has 0 aromatic heterocycles. The van der Waals surface area contributed by atoms with Crippen LogP contribution in [0.25, 0.3) is 0 Å². The van der Waals surface area contributed by atoms with Crippen LogP contribution in [0, 0.1) is 11.6 Å². The van der Waals surface area contributed by atoms with Crippen LogP contribution < -0.4 is 5.73 Å². The lowest BCUT2D eigenvalue weighted by Crippen LogP contribution is -2.15. The van der Waals surface area contributed by atoms with Gasteiger partial charge in [-0.2, -0.15) is 0 Å². The molecule has 0 spiro atoms. The average molecular weight is 227 g/mol. The predicted molar refractivity (Wildman–Crippen MR) is 58.2 cm³/mol. The van der Waals surface area contributed by atoms with E-state index >= 15 is 0 Å². The van der Waals surface area contributed by atoms with Gasteiger partial charge in [0.1, 0.15) is 11.6 Å². The molecule has 0 saturated carbocycles. The van der Waals surface area contributed by atoms with Crippen molar-refractivity contribution in [2.24, 2.45) is 5.73 Å². The van der Waals surface area contributed by atoms with Crippen LogP contribution in [0.5, 0.6) is 0 Å². The number of carbonyl (C=O) groups excluding carboxylic acids is 1. The first-order valence-corrected chi connectivity index (χ1v) is 5.24. The number of carbonyl (C=O) groups is 1. The zero-order valence-electron chi connectivity index (χ0n) is 9.17. The van der Waals surface area contributed by atoms with Gasteiger partial charge in [0.25, 0.3) is 0 Å². The first-order valence-electron chi connectivity index (χ1n) is 5.24. The third-order valence-electron chi connectivity index (χ3n) is 2.29. The number of nitrogens with two attached hydrogens (primary N) is 1. The fourth-order valence-electron chi connectivity index (χ4n) is 1.43. The molecule has 88 valence electrons. The highest BCUT2D eigenvalue weighted by molar-refractivity contribution is 5.96. The summed E-state index contributed by atoms with van der Waals surface area (Å²) in [4.78, 5) is 11.6. The van der Waals surface area contributed by atoms with E-state index < -0.39 is 11.6 Å². The fourth-order valence-corrected chi connectivity index (χ4v) is 1.43. The molecule has 0 fully saturated rings. The van der Waals surface area contributed by atoms with Gasteiger partial charge in [0.05, 0.1) is 5.56 Å². The average Bonchev–Trinajstić information content (AvgIpc) is 2.16. The van der Waals surface area contributed by atoms with Gasteiger partial charge in [-0.1, -0.05) is 0 Å². The molecule has 1 unspecified atom stereocenters. The smallest absolute Gasteiger partial charge is 0.165 e. The molecule has 2 nitrogen and oxygen atoms in total. The maximum Gasteiger partial charge on any atom is 0.165 e. The standard InChI is InChI=1S/C12H15F2NO/c1-8(15)3-2-4-12(16)10-6-5-9(13)7-11(10)14/h5-8H,2-4,15H2,1H3. The zero-order chi connectivity index (χ0) is 12.1. The maximum absolute atomic E-state index is 13.2. The lowest BCUT2D eigenvalue weighted by Gasteiger charge is -2.05. The summed E-state index contributed by atoms with van der Waals surface area (Å²) < 4.78 is 25.8. The number of hydrogen-bond acceptors (Lipinski definition) is 2. The highest BCUT2D eigenvalue weighted by atomic mass is 19.1. The Morgan fingerprint density at radius 2 is 2.12 bits per heavy atom. The van der Waals surface area contributed by atoms with Gasteiger partial charge in [0.15, 0.2) is 5.78 Å². The summed E-state index contributed by atoms with van der Waals surface area (Å²) in [6.07, 6.45) is 1.58. The van der Waals surface area contributed by atoms with Crippen LogP contribution in [-0.2, 0) is 0 Å². The Balaban J connectivity index is 2.59. The predicted octanol–water partition coefficient (Wildman–Crippen LogP) is 2.67. The molecule has 0 bridgehead atoms. The van der Waals surface area contributed by atoms with Crippen LogP contribution in [0.3, 0.4) is 0 Å². The number of rotatable bonds is 5. The van der Waals surface area contributed by atoms with Crippen molar-refractivity contribution in [3.05, 3.63) is 35.4 Å². The van der Waals surface area contributed by atoms with Crippen LogP contribution in [-0.4, -0.2) is 11.8 Å². The SMILES string of the molecule is CC(N)CCCC(=O)c1ccc(F)cc1F. The van der Waals surface area contributed by atoms with Crippen molar-refractivity contribution < 1.29 is 13.6 Å². The van der Waals surface area contributed by atoms with E-state index in [2.05, 4.69) is 0 Å². The Bertz CT molecular complexity index is 377. The molecule has 0 heterocycles. The minimum atomic E-state index is -0.800. The van der Waals surface area contributed by atoms with E-state index in [4.69, 9.17) is 5.73 Å². The van der Waals surface area contributed by atoms with Crippen molar-refractivity contribution in [1.82, 2.24) is 0 Å². The Morgan fingerprint density at radius 1 is 1.44 bits per heavy atom. The van der Waals surface area contributed by atoms with Crippen molar-refractivity contribution in [3.63, 3.8) is 0 Å². The third kappa shape index (κ3) is 3.70. The second-order valence-corrected chi connectivity index (χ2v) is 3.92. The molecule has 2 N–H and O–H groups in total. The summed E-state index contributed by atoms with van der Waals surface area (Å²) in [5, 5.41) is 0. The summed E-state index contributed by atoms with van der Waals surface area (Å²) in [7, 11) is 0. The Labute approximate surface area is 93.5 Å². The molecule has 4 heteroatoms. The largest absolute Gasteiger partial charge is 0.328 e. The maximum atomic E-state index is 13.2. The Morgan fingerprint density at radius 3 is 2.69 bits per heavy atom. The number of ketones is 1. The van der Waals surface area contributed by atoms with Gasteiger partial charge < -0.3 is 5.73 Å². The molecule has 0 aliphatic rings. The number of Topliss-reactive ketones (excluding diaryl/α,β-unsaturated/α-hetero) is 1. The van der Waals surface area contributed by atoms with Crippen molar-refractivity contribution in [1.29, 1.82) is 0 Å². The summed E-state index contributed by atoms with van der Waals surface area (Å²) in [5.74, 6) is -1.78. The summed E-state index contributed by atoms with van der Waals surface area (Å²) in [6, 6.07) is 3.02. The van der Waals surface area contributed by atoms with Gasteiger partial charge >= 0.3 is 0 Å². The zero-order valence-corrected chi connectivity index (χ0v) is 9.17. The molecule has 0 aliphatic carbocycles. The number of halogens is 2. The summed E-state index contributed by atoms with van der Waals surface area (Å²) in [5.41, 5.74) is 5.48. The molecular formula is C12H15F2NO. The van der Waals surface area contributed by atoms with Gasteiger partial charge in [-0.25, -0.2) is 8.78 Å². The van der Waals surface area contributed by atoms with E-state index in [0.29, 0.717) is 12.8 Å². The molecule has 0 amide bonds. The first-order chi connectivity index (χ1) is 7.50. The van der Waals surface area contributed by atoms with Crippen LogP contribution in [0.2, 0.25) is 0 Å². The minimum Gasteiger partial charge on any atom is -0.328 e. The first kappa shape index (κ1) is 12.8. The highest BCUT2D eigenvalue weighted by Gasteiger charge is 2.12. The van der Waals surface area contributed by atoms with Gasteiger partial charge in [0.2, 0.25) is 0 Å². The van der Waals surface area contributed by atoms with Gasteiger partial charge in [-0.3, -0.25) is 4.79 Å². The molecule has 1 rings (SSSR count). The molecule has 1 aromatic rings. The van der Waals surface area contributed by atoms with Gasteiger partial charge in [-0.05, 0) is 31.9 Å². The van der Waals surface area contributed by atoms with Crippen LogP contribution in [0.1, 0.15) is 36.5 Å². The second kappa shape index (κ2) is 5.70. The Kier molecular flexibility index (Phi) is 4.55. The van der Waals surface area contributed by atoms with E-state index in [1.165, 1.54) is 6.07 Å². The normalized spacial score (nSPS) is 12.5. The van der Waals surface area contributed by atoms with E-state index in [1.807, 2.05) is 6.92 Å². The van der Waals surface area contributed by atoms with E-state index in [-0.39, 0.29) is 23.8 Å². The molecule has 1 aromatic carbocycles. The number of benzene rings is 1. The van der Waals surface area contributed by atoms with Crippen molar-refractivity contribution in [3.8, 4) is 0 Å². The summed E-state index contributed by atoms with van der Waals surface area (Å²) in [6.45, 7) is 1.85. The topological polar surface area (TPSA) is 43.1 Å². The lowest BCUT2D eigenvalue weighted by molar-refractivity contribution is 0.0975. The highest BCUT2D eigenvalue weighted by Crippen LogP contribution is 2.13. The third-order valence-corrected chi connectivity index (χ3v) is 2.29. The van der Waals surface area contributed by atoms with Crippen LogP contribution in [0.4, 0.5) is 8.78 Å². The lowest BCUT2D eigenvalue weighted by atomic mass is 10.0. The molecule has 1 atom stereocenters. The van der Waals surface area contributed by atoms with E-state index in [1.54, 1.807) is 0 Å². The van der Waals surface area contributed by atoms with E-state index in [9.17, 15) is 13.6 Å². The van der Waals surface area contributed by atoms with Crippen LogP contribution >= 0.6 is 0 Å². The van der Waals surface area contributed by atoms with E-state index in [0.717, 1.165) is 12.1 Å². The van der Waals surface area contributed by atoms with Gasteiger partial charge in [0, 0.05) is 18.5 Å². The van der Waals surface area contributed by atoms with Crippen LogP contribution in [0.15, 0.2) is 18.2 Å². The quantitative estimate of drug-likeness (QED) is 0.786. The van der Waals surface area contributed by atoms with Crippen molar-refractivity contribution >= 4 is 5.78 Å². The molecule has 0 radical (unpaired) electrons. The van der Waals surface area contributed by atoms with Gasteiger partial charge in [-0.15, -0.1) is 0 Å². The van der Waals surface area contributed by atoms with Crippen molar-refractivity contribution in [2.75, 3.05) is 0 Å². The molecule has 0 aliphatic heterocycles. The minimum absolute atomic E-state index is 0.0332. The van der Waals surface area contributed by atoms with Crippen molar-refractivity contribution in [2.45, 2.75) is 32.2 Å².